The van der Waals surface area contributed by atoms with Gasteiger partial charge in [-0.25, -0.2) is 12.8 Å². The Bertz CT molecular complexity index is 1040. The molecule has 0 aliphatic heterocycles. The van der Waals surface area contributed by atoms with Crippen LogP contribution >= 0.6 is 0 Å². The van der Waals surface area contributed by atoms with Gasteiger partial charge >= 0.3 is 0 Å². The largest absolute Gasteiger partial charge is 0.469 e. The standard InChI is InChI=1S/C18H15FN2O4S/c1-12-15(10-11-25-12)18(22)20-16-4-2-3-5-17(16)21-26(23,24)14-8-6-13(19)7-9-14/h2-11,21H,1H3,(H,20,22). The number of amides is 1. The third kappa shape index (κ3) is 3.75. The molecule has 3 rings (SSSR count). The van der Waals surface area contributed by atoms with Gasteiger partial charge in [0.15, 0.2) is 0 Å². The van der Waals surface area contributed by atoms with Crippen LogP contribution in [0.5, 0.6) is 0 Å². The second kappa shape index (κ2) is 7.01. The highest BCUT2D eigenvalue weighted by Gasteiger charge is 2.18. The van der Waals surface area contributed by atoms with Crippen LogP contribution in [0.2, 0.25) is 0 Å². The summed E-state index contributed by atoms with van der Waals surface area (Å²) >= 11 is 0. The Hall–Kier alpha value is -3.13. The summed E-state index contributed by atoms with van der Waals surface area (Å²) in [5.74, 6) is -0.511. The first-order valence-corrected chi connectivity index (χ1v) is 9.08. The van der Waals surface area contributed by atoms with Crippen LogP contribution in [-0.4, -0.2) is 14.3 Å². The zero-order valence-electron chi connectivity index (χ0n) is 13.7. The number of aryl methyl sites for hydroxylation is 1. The normalized spacial score (nSPS) is 11.2. The predicted molar refractivity (Wildman–Crippen MR) is 95.0 cm³/mol. The lowest BCUT2D eigenvalue weighted by molar-refractivity contribution is 0.102. The van der Waals surface area contributed by atoms with Gasteiger partial charge in [-0.2, -0.15) is 0 Å². The van der Waals surface area contributed by atoms with Crippen molar-refractivity contribution in [1.29, 1.82) is 0 Å². The molecule has 0 spiro atoms. The Kier molecular flexibility index (Phi) is 4.77. The minimum atomic E-state index is -3.94. The summed E-state index contributed by atoms with van der Waals surface area (Å²) in [6.45, 7) is 1.65. The molecule has 0 aliphatic carbocycles. The maximum Gasteiger partial charge on any atom is 0.261 e. The Morgan fingerprint density at radius 2 is 1.65 bits per heavy atom. The van der Waals surface area contributed by atoms with Crippen LogP contribution in [0.15, 0.2) is 70.2 Å². The molecule has 26 heavy (non-hydrogen) atoms. The number of anilines is 2. The summed E-state index contributed by atoms with van der Waals surface area (Å²) in [5, 5.41) is 2.65. The average Bonchev–Trinajstić information content (AvgIpc) is 3.03. The molecule has 6 nitrogen and oxygen atoms in total. The third-order valence-electron chi connectivity index (χ3n) is 3.65. The number of carbonyl (C=O) groups excluding carboxylic acids is 1. The van der Waals surface area contributed by atoms with E-state index in [-0.39, 0.29) is 16.3 Å². The molecule has 0 saturated carbocycles. The van der Waals surface area contributed by atoms with Crippen molar-refractivity contribution in [3.8, 4) is 0 Å². The quantitative estimate of drug-likeness (QED) is 0.711. The maximum absolute atomic E-state index is 13.0. The Morgan fingerprint density at radius 3 is 2.27 bits per heavy atom. The predicted octanol–water partition coefficient (Wildman–Crippen LogP) is 3.78. The maximum atomic E-state index is 13.0. The van der Waals surface area contributed by atoms with Crippen LogP contribution in [0.4, 0.5) is 15.8 Å². The van der Waals surface area contributed by atoms with Crippen molar-refractivity contribution in [3.05, 3.63) is 78.0 Å². The molecule has 2 N–H and O–H groups in total. The first kappa shape index (κ1) is 17.7. The van der Waals surface area contributed by atoms with Crippen LogP contribution < -0.4 is 10.0 Å². The minimum Gasteiger partial charge on any atom is -0.469 e. The summed E-state index contributed by atoms with van der Waals surface area (Å²) in [6, 6.07) is 12.3. The van der Waals surface area contributed by atoms with Crippen molar-refractivity contribution in [3.63, 3.8) is 0 Å². The minimum absolute atomic E-state index is 0.0919. The number of nitrogens with one attached hydrogen (secondary N) is 2. The number of hydrogen-bond acceptors (Lipinski definition) is 4. The molecule has 0 aliphatic rings. The molecular weight excluding hydrogens is 359 g/mol. The molecule has 0 radical (unpaired) electrons. The fourth-order valence-corrected chi connectivity index (χ4v) is 3.39. The Balaban J connectivity index is 1.86. The lowest BCUT2D eigenvalue weighted by Crippen LogP contribution is -2.17. The van der Waals surface area contributed by atoms with Crippen molar-refractivity contribution in [2.24, 2.45) is 0 Å². The van der Waals surface area contributed by atoms with Crippen molar-refractivity contribution >= 4 is 27.3 Å². The highest BCUT2D eigenvalue weighted by Crippen LogP contribution is 2.25. The molecular formula is C18H15FN2O4S. The van der Waals surface area contributed by atoms with E-state index in [2.05, 4.69) is 10.0 Å². The molecule has 0 unspecified atom stereocenters. The van der Waals surface area contributed by atoms with Gasteiger partial charge in [0.2, 0.25) is 0 Å². The van der Waals surface area contributed by atoms with Gasteiger partial charge in [-0.15, -0.1) is 0 Å². The topological polar surface area (TPSA) is 88.4 Å². The summed E-state index contributed by atoms with van der Waals surface area (Å²) in [5.41, 5.74) is 0.816. The van der Waals surface area contributed by atoms with Crippen molar-refractivity contribution in [1.82, 2.24) is 0 Å². The molecule has 2 aromatic carbocycles. The molecule has 0 atom stereocenters. The van der Waals surface area contributed by atoms with Crippen molar-refractivity contribution in [2.45, 2.75) is 11.8 Å². The molecule has 1 aromatic heterocycles. The average molecular weight is 374 g/mol. The van der Waals surface area contributed by atoms with Crippen LogP contribution in [0, 0.1) is 12.7 Å². The van der Waals surface area contributed by atoms with Gasteiger partial charge in [0.05, 0.1) is 28.1 Å². The van der Waals surface area contributed by atoms with Gasteiger partial charge in [0, 0.05) is 0 Å². The lowest BCUT2D eigenvalue weighted by atomic mass is 10.2. The summed E-state index contributed by atoms with van der Waals surface area (Å²) in [4.78, 5) is 12.2. The second-order valence-electron chi connectivity index (χ2n) is 5.45. The van der Waals surface area contributed by atoms with Gasteiger partial charge < -0.3 is 9.73 Å². The van der Waals surface area contributed by atoms with Gasteiger partial charge in [-0.05, 0) is 49.4 Å². The first-order valence-electron chi connectivity index (χ1n) is 7.60. The van der Waals surface area contributed by atoms with E-state index in [1.54, 1.807) is 25.1 Å². The van der Waals surface area contributed by atoms with Crippen LogP contribution in [0.1, 0.15) is 16.1 Å². The summed E-state index contributed by atoms with van der Waals surface area (Å²) in [7, 11) is -3.94. The van der Waals surface area contributed by atoms with Crippen molar-refractivity contribution in [2.75, 3.05) is 10.0 Å². The number of halogens is 1. The fourth-order valence-electron chi connectivity index (χ4n) is 2.31. The van der Waals surface area contributed by atoms with E-state index >= 15 is 0 Å². The highest BCUT2D eigenvalue weighted by atomic mass is 32.2. The number of hydrogen-bond donors (Lipinski definition) is 2. The fraction of sp³-hybridized carbons (Fsp3) is 0.0556. The van der Waals surface area contributed by atoms with Gasteiger partial charge in [-0.3, -0.25) is 9.52 Å². The molecule has 3 aromatic rings. The molecule has 0 fully saturated rings. The van der Waals surface area contributed by atoms with Gasteiger partial charge in [0.1, 0.15) is 11.6 Å². The number of para-hydroxylation sites is 2. The third-order valence-corrected chi connectivity index (χ3v) is 5.03. The van der Waals surface area contributed by atoms with Crippen molar-refractivity contribution < 1.29 is 22.0 Å². The SMILES string of the molecule is Cc1occc1C(=O)Nc1ccccc1NS(=O)(=O)c1ccc(F)cc1. The Labute approximate surface area is 149 Å². The zero-order chi connectivity index (χ0) is 18.7. The lowest BCUT2D eigenvalue weighted by Gasteiger charge is -2.13. The molecule has 134 valence electrons. The van der Waals surface area contributed by atoms with E-state index in [4.69, 9.17) is 4.42 Å². The van der Waals surface area contributed by atoms with E-state index in [0.29, 0.717) is 11.3 Å². The van der Waals surface area contributed by atoms with E-state index in [0.717, 1.165) is 24.3 Å². The van der Waals surface area contributed by atoms with Crippen LogP contribution in [0.25, 0.3) is 0 Å². The van der Waals surface area contributed by atoms with E-state index in [1.807, 2.05) is 0 Å². The number of rotatable bonds is 5. The smallest absolute Gasteiger partial charge is 0.261 e. The Morgan fingerprint density at radius 1 is 1.00 bits per heavy atom. The number of furan rings is 1. The molecule has 1 heterocycles. The van der Waals surface area contributed by atoms with E-state index < -0.39 is 21.7 Å². The monoisotopic (exact) mass is 374 g/mol. The number of benzene rings is 2. The first-order chi connectivity index (χ1) is 12.4. The van der Waals surface area contributed by atoms with Crippen LogP contribution in [0.3, 0.4) is 0 Å². The van der Waals surface area contributed by atoms with Gasteiger partial charge in [0.25, 0.3) is 15.9 Å². The summed E-state index contributed by atoms with van der Waals surface area (Å²) in [6.07, 6.45) is 1.40. The highest BCUT2D eigenvalue weighted by molar-refractivity contribution is 7.92. The van der Waals surface area contributed by atoms with E-state index in [9.17, 15) is 17.6 Å². The van der Waals surface area contributed by atoms with Gasteiger partial charge in [-0.1, -0.05) is 12.1 Å². The number of carbonyl (C=O) groups is 1. The van der Waals surface area contributed by atoms with E-state index in [1.165, 1.54) is 18.4 Å². The number of sulfonamides is 1. The summed E-state index contributed by atoms with van der Waals surface area (Å²) < 4.78 is 45.4. The molecule has 1 amide bonds. The van der Waals surface area contributed by atoms with Crippen LogP contribution in [-0.2, 0) is 10.0 Å². The molecule has 0 saturated heterocycles. The molecule has 0 bridgehead atoms. The molecule has 8 heteroatoms. The zero-order valence-corrected chi connectivity index (χ0v) is 14.5. The second-order valence-corrected chi connectivity index (χ2v) is 7.13.